The van der Waals surface area contributed by atoms with E-state index in [1.807, 2.05) is 12.1 Å². The number of hydrogen-bond donors (Lipinski definition) is 1. The van der Waals surface area contributed by atoms with Crippen LogP contribution in [0.3, 0.4) is 0 Å². The molecule has 3 aromatic rings. The molecular formula is C26H24N2O5S. The zero-order chi connectivity index (χ0) is 24.2. The minimum Gasteiger partial charge on any atom is -0.508 e. The Kier molecular flexibility index (Phi) is 6.79. The Morgan fingerprint density at radius 2 is 1.91 bits per heavy atom. The lowest BCUT2D eigenvalue weighted by Crippen LogP contribution is -2.39. The minimum atomic E-state index is -0.689. The van der Waals surface area contributed by atoms with Gasteiger partial charge in [-0.1, -0.05) is 48.3 Å². The fourth-order valence-electron chi connectivity index (χ4n) is 3.73. The number of phenolic OH excluding ortho intramolecular Hbond substituents is 1. The molecule has 0 bridgehead atoms. The van der Waals surface area contributed by atoms with Crippen LogP contribution >= 0.6 is 11.3 Å². The number of hydrogen-bond acceptors (Lipinski definition) is 7. The van der Waals surface area contributed by atoms with Gasteiger partial charge in [0.2, 0.25) is 0 Å². The number of benzene rings is 2. The molecule has 0 radical (unpaired) electrons. The van der Waals surface area contributed by atoms with E-state index in [2.05, 4.69) is 11.6 Å². The molecule has 34 heavy (non-hydrogen) atoms. The van der Waals surface area contributed by atoms with Crippen molar-refractivity contribution in [3.8, 4) is 11.5 Å². The third-order valence-corrected chi connectivity index (χ3v) is 6.25. The second-order valence-corrected chi connectivity index (χ2v) is 8.57. The predicted octanol–water partition coefficient (Wildman–Crippen LogP) is 3.07. The van der Waals surface area contributed by atoms with Crippen molar-refractivity contribution in [3.63, 3.8) is 0 Å². The summed E-state index contributed by atoms with van der Waals surface area (Å²) >= 11 is 1.25. The fourth-order valence-corrected chi connectivity index (χ4v) is 4.78. The smallest absolute Gasteiger partial charge is 0.338 e. The summed E-state index contributed by atoms with van der Waals surface area (Å²) in [5.41, 5.74) is 2.08. The molecule has 0 amide bonds. The number of carbonyl (C=O) groups is 1. The van der Waals surface area contributed by atoms with E-state index < -0.39 is 12.0 Å². The van der Waals surface area contributed by atoms with Crippen LogP contribution in [0, 0.1) is 0 Å². The normalized spacial score (nSPS) is 15.5. The van der Waals surface area contributed by atoms with Gasteiger partial charge in [0.15, 0.2) is 4.80 Å². The first kappa shape index (κ1) is 23.3. The molecule has 0 unspecified atom stereocenters. The van der Waals surface area contributed by atoms with Crippen LogP contribution in [0.4, 0.5) is 0 Å². The van der Waals surface area contributed by atoms with Crippen LogP contribution in [-0.2, 0) is 9.53 Å². The molecule has 0 spiro atoms. The van der Waals surface area contributed by atoms with Gasteiger partial charge in [-0.2, -0.15) is 0 Å². The van der Waals surface area contributed by atoms with Crippen molar-refractivity contribution in [2.75, 3.05) is 13.2 Å². The van der Waals surface area contributed by atoms with Crippen LogP contribution in [-0.4, -0.2) is 28.9 Å². The molecule has 7 nitrogen and oxygen atoms in total. The largest absolute Gasteiger partial charge is 0.508 e. The Labute approximate surface area is 200 Å². The number of allylic oxidation sites excluding steroid dienone is 1. The molecule has 1 aliphatic rings. The predicted molar refractivity (Wildman–Crippen MR) is 131 cm³/mol. The molecule has 1 N–H and O–H groups in total. The Morgan fingerprint density at radius 1 is 1.21 bits per heavy atom. The Bertz CT molecular complexity index is 1430. The molecule has 1 aliphatic heterocycles. The molecule has 8 heteroatoms. The van der Waals surface area contributed by atoms with Crippen molar-refractivity contribution in [3.05, 3.63) is 103 Å². The number of carbonyl (C=O) groups excluding carboxylic acids is 1. The van der Waals surface area contributed by atoms with Crippen LogP contribution in [0.25, 0.3) is 6.08 Å². The number of aromatic nitrogens is 1. The van der Waals surface area contributed by atoms with E-state index in [0.29, 0.717) is 33.0 Å². The number of thiazole rings is 1. The monoisotopic (exact) mass is 476 g/mol. The third kappa shape index (κ3) is 4.58. The summed E-state index contributed by atoms with van der Waals surface area (Å²) in [5.74, 6) is 0.296. The first-order valence-corrected chi connectivity index (χ1v) is 11.6. The second kappa shape index (κ2) is 9.93. The number of rotatable bonds is 7. The molecule has 174 valence electrons. The first-order valence-electron chi connectivity index (χ1n) is 10.7. The Balaban J connectivity index is 1.88. The molecule has 0 saturated heterocycles. The zero-order valence-electron chi connectivity index (χ0n) is 18.9. The van der Waals surface area contributed by atoms with E-state index in [1.165, 1.54) is 15.9 Å². The average Bonchev–Trinajstić information content (AvgIpc) is 3.13. The number of esters is 1. The van der Waals surface area contributed by atoms with Gasteiger partial charge in [-0.15, -0.1) is 0 Å². The molecule has 1 aromatic heterocycles. The fraction of sp³-hybridized carbons (Fsp3) is 0.192. The maximum absolute atomic E-state index is 13.5. The molecule has 0 aliphatic carbocycles. The lowest BCUT2D eigenvalue weighted by Gasteiger charge is -2.24. The van der Waals surface area contributed by atoms with Gasteiger partial charge in [0.05, 0.1) is 28.5 Å². The average molecular weight is 477 g/mol. The summed E-state index contributed by atoms with van der Waals surface area (Å²) in [7, 11) is 0. The maximum Gasteiger partial charge on any atom is 0.338 e. The van der Waals surface area contributed by atoms with Crippen LogP contribution in [0.15, 0.2) is 82.2 Å². The Hall–Kier alpha value is -3.91. The number of aromatic hydroxyl groups is 1. The van der Waals surface area contributed by atoms with Gasteiger partial charge in [0.25, 0.3) is 5.56 Å². The Morgan fingerprint density at radius 3 is 2.56 bits per heavy atom. The summed E-state index contributed by atoms with van der Waals surface area (Å²) in [4.78, 5) is 31.5. The van der Waals surface area contributed by atoms with Gasteiger partial charge in [0.1, 0.15) is 18.1 Å². The SMILES string of the molecule is C=CCOc1ccc([C@H]2C(C(=O)OCC)=C(C)N=c3s/c(=C\c4ccc(O)cc4)c(=O)n32)cc1. The van der Waals surface area contributed by atoms with E-state index >= 15 is 0 Å². The number of fused-ring (bicyclic) bond motifs is 1. The highest BCUT2D eigenvalue weighted by atomic mass is 32.1. The standard InChI is InChI=1S/C26H24N2O5S/c1-4-14-33-20-12-8-18(9-13-20)23-22(25(31)32-5-2)16(3)27-26-28(23)24(30)21(34-26)15-17-6-10-19(29)11-7-17/h4,6-13,15,23,29H,1,5,14H2,2-3H3/b21-15-/t23-/m0/s1. The van der Waals surface area contributed by atoms with E-state index in [-0.39, 0.29) is 17.9 Å². The van der Waals surface area contributed by atoms with Crippen molar-refractivity contribution in [1.29, 1.82) is 0 Å². The lowest BCUT2D eigenvalue weighted by molar-refractivity contribution is -0.139. The van der Waals surface area contributed by atoms with E-state index in [0.717, 1.165) is 11.1 Å². The summed E-state index contributed by atoms with van der Waals surface area (Å²) in [6.07, 6.45) is 3.40. The summed E-state index contributed by atoms with van der Waals surface area (Å²) in [6, 6.07) is 13.1. The van der Waals surface area contributed by atoms with E-state index in [9.17, 15) is 14.7 Å². The van der Waals surface area contributed by atoms with Gasteiger partial charge < -0.3 is 14.6 Å². The quantitative estimate of drug-likeness (QED) is 0.418. The highest BCUT2D eigenvalue weighted by Crippen LogP contribution is 2.31. The molecule has 2 heterocycles. The topological polar surface area (TPSA) is 90.1 Å². The van der Waals surface area contributed by atoms with Crippen molar-refractivity contribution in [2.45, 2.75) is 19.9 Å². The van der Waals surface area contributed by atoms with Crippen molar-refractivity contribution in [1.82, 2.24) is 4.57 Å². The number of nitrogens with zero attached hydrogens (tertiary/aromatic N) is 2. The lowest BCUT2D eigenvalue weighted by atomic mass is 9.96. The number of ether oxygens (including phenoxy) is 2. The van der Waals surface area contributed by atoms with Gasteiger partial charge in [-0.3, -0.25) is 9.36 Å². The third-order valence-electron chi connectivity index (χ3n) is 5.27. The van der Waals surface area contributed by atoms with Gasteiger partial charge in [-0.25, -0.2) is 9.79 Å². The van der Waals surface area contributed by atoms with Crippen LogP contribution in [0.2, 0.25) is 0 Å². The molecule has 0 fully saturated rings. The highest BCUT2D eigenvalue weighted by Gasteiger charge is 2.33. The van der Waals surface area contributed by atoms with Crippen molar-refractivity contribution < 1.29 is 19.4 Å². The maximum atomic E-state index is 13.5. The summed E-state index contributed by atoms with van der Waals surface area (Å²) < 4.78 is 12.9. The molecule has 4 rings (SSSR count). The summed E-state index contributed by atoms with van der Waals surface area (Å²) in [6.45, 7) is 7.72. The van der Waals surface area contributed by atoms with Crippen LogP contribution in [0.5, 0.6) is 11.5 Å². The van der Waals surface area contributed by atoms with E-state index in [4.69, 9.17) is 9.47 Å². The van der Waals surface area contributed by atoms with Crippen LogP contribution < -0.4 is 19.6 Å². The first-order chi connectivity index (χ1) is 16.4. The molecule has 2 aromatic carbocycles. The highest BCUT2D eigenvalue weighted by molar-refractivity contribution is 7.07. The summed E-state index contributed by atoms with van der Waals surface area (Å²) in [5, 5.41) is 9.54. The van der Waals surface area contributed by atoms with Gasteiger partial charge >= 0.3 is 5.97 Å². The molecule has 1 atom stereocenters. The number of phenols is 1. The van der Waals surface area contributed by atoms with Gasteiger partial charge in [0, 0.05) is 0 Å². The van der Waals surface area contributed by atoms with Crippen LogP contribution in [0.1, 0.15) is 31.0 Å². The zero-order valence-corrected chi connectivity index (χ0v) is 19.7. The second-order valence-electron chi connectivity index (χ2n) is 7.56. The minimum absolute atomic E-state index is 0.147. The molecule has 0 saturated carbocycles. The van der Waals surface area contributed by atoms with Crippen molar-refractivity contribution in [2.24, 2.45) is 4.99 Å². The molecular weight excluding hydrogens is 452 g/mol. The van der Waals surface area contributed by atoms with Crippen molar-refractivity contribution >= 4 is 23.4 Å². The van der Waals surface area contributed by atoms with Gasteiger partial charge in [-0.05, 0) is 55.3 Å². The van der Waals surface area contributed by atoms with E-state index in [1.54, 1.807) is 62.4 Å².